The minimum Gasteiger partial charge on any atom is -0.478 e. The van der Waals surface area contributed by atoms with Crippen molar-refractivity contribution < 1.29 is 14.7 Å². The molecule has 2 rings (SSSR count). The highest BCUT2D eigenvalue weighted by Gasteiger charge is 2.26. The summed E-state index contributed by atoms with van der Waals surface area (Å²) < 4.78 is 0. The van der Waals surface area contributed by atoms with Gasteiger partial charge in [-0.05, 0) is 31.4 Å². The Labute approximate surface area is 112 Å². The molecule has 2 heterocycles. The van der Waals surface area contributed by atoms with Gasteiger partial charge >= 0.3 is 5.97 Å². The first kappa shape index (κ1) is 13.5. The fraction of sp³-hybridized carbons (Fsp3) is 0.500. The second-order valence-electron chi connectivity index (χ2n) is 4.95. The molecule has 1 fully saturated rings. The van der Waals surface area contributed by atoms with Gasteiger partial charge < -0.3 is 10.0 Å². The summed E-state index contributed by atoms with van der Waals surface area (Å²) >= 11 is 0. The molecule has 1 atom stereocenters. The lowest BCUT2D eigenvalue weighted by molar-refractivity contribution is 0.0693. The number of aromatic carboxylic acids is 1. The van der Waals surface area contributed by atoms with E-state index in [0.717, 1.165) is 25.9 Å². The van der Waals surface area contributed by atoms with Crippen LogP contribution >= 0.6 is 0 Å². The number of carboxylic acid groups (broad SMARTS) is 1. The summed E-state index contributed by atoms with van der Waals surface area (Å²) in [4.78, 5) is 29.1. The van der Waals surface area contributed by atoms with Crippen molar-refractivity contribution in [3.8, 4) is 0 Å². The quantitative estimate of drug-likeness (QED) is 0.904. The lowest BCUT2D eigenvalue weighted by Crippen LogP contribution is -2.29. The van der Waals surface area contributed by atoms with Crippen LogP contribution in [0.3, 0.4) is 0 Å². The Morgan fingerprint density at radius 2 is 2.21 bits per heavy atom. The SMILES string of the molecule is CCC1CCN(C(=O)c2ccc(C(=O)O)c(C)n2)C1. The molecule has 1 saturated heterocycles. The number of hydrogen-bond acceptors (Lipinski definition) is 3. The first-order chi connectivity index (χ1) is 9.02. The van der Waals surface area contributed by atoms with Crippen molar-refractivity contribution in [2.45, 2.75) is 26.7 Å². The number of rotatable bonds is 3. The predicted molar refractivity (Wildman–Crippen MR) is 70.2 cm³/mol. The van der Waals surface area contributed by atoms with Crippen LogP contribution in [0.4, 0.5) is 0 Å². The highest BCUT2D eigenvalue weighted by atomic mass is 16.4. The lowest BCUT2D eigenvalue weighted by atomic mass is 10.1. The summed E-state index contributed by atoms with van der Waals surface area (Å²) in [5, 5.41) is 8.94. The van der Waals surface area contributed by atoms with E-state index in [9.17, 15) is 9.59 Å². The van der Waals surface area contributed by atoms with Gasteiger partial charge in [-0.2, -0.15) is 0 Å². The Bertz CT molecular complexity index is 513. The van der Waals surface area contributed by atoms with Crippen LogP contribution in [0.2, 0.25) is 0 Å². The number of pyridine rings is 1. The molecule has 0 aromatic carbocycles. The highest BCUT2D eigenvalue weighted by Crippen LogP contribution is 2.21. The first-order valence-electron chi connectivity index (χ1n) is 6.53. The zero-order chi connectivity index (χ0) is 14.0. The summed E-state index contributed by atoms with van der Waals surface area (Å²) in [6.45, 7) is 5.28. The fourth-order valence-electron chi connectivity index (χ4n) is 2.42. The number of carbonyl (C=O) groups excluding carboxylic acids is 1. The second kappa shape index (κ2) is 5.38. The third-order valence-corrected chi connectivity index (χ3v) is 3.69. The number of aromatic nitrogens is 1. The largest absolute Gasteiger partial charge is 0.478 e. The number of amides is 1. The van der Waals surface area contributed by atoms with Crippen molar-refractivity contribution in [1.29, 1.82) is 0 Å². The van der Waals surface area contributed by atoms with Gasteiger partial charge in [-0.1, -0.05) is 13.3 Å². The van der Waals surface area contributed by atoms with Gasteiger partial charge in [-0.25, -0.2) is 9.78 Å². The maximum atomic E-state index is 12.3. The molecule has 1 aliphatic rings. The summed E-state index contributed by atoms with van der Waals surface area (Å²) in [6, 6.07) is 2.95. The maximum Gasteiger partial charge on any atom is 0.337 e. The van der Waals surface area contributed by atoms with E-state index in [1.807, 2.05) is 0 Å². The average molecular weight is 262 g/mol. The predicted octanol–water partition coefficient (Wildman–Crippen LogP) is 1.96. The molecule has 5 nitrogen and oxygen atoms in total. The average Bonchev–Trinajstić information content (AvgIpc) is 2.86. The van der Waals surface area contributed by atoms with E-state index in [1.165, 1.54) is 12.1 Å². The van der Waals surface area contributed by atoms with E-state index in [4.69, 9.17) is 5.11 Å². The van der Waals surface area contributed by atoms with Crippen molar-refractivity contribution >= 4 is 11.9 Å². The van der Waals surface area contributed by atoms with Crippen LogP contribution in [-0.2, 0) is 0 Å². The molecule has 0 bridgehead atoms. The monoisotopic (exact) mass is 262 g/mol. The topological polar surface area (TPSA) is 70.5 Å². The Morgan fingerprint density at radius 3 is 2.74 bits per heavy atom. The van der Waals surface area contributed by atoms with Crippen LogP contribution in [0.5, 0.6) is 0 Å². The molecule has 0 aliphatic carbocycles. The van der Waals surface area contributed by atoms with E-state index in [0.29, 0.717) is 17.3 Å². The number of aryl methyl sites for hydroxylation is 1. The van der Waals surface area contributed by atoms with E-state index < -0.39 is 5.97 Å². The highest BCUT2D eigenvalue weighted by molar-refractivity contribution is 5.94. The fourth-order valence-corrected chi connectivity index (χ4v) is 2.42. The van der Waals surface area contributed by atoms with E-state index in [1.54, 1.807) is 11.8 Å². The minimum absolute atomic E-state index is 0.101. The molecule has 0 radical (unpaired) electrons. The molecule has 1 aromatic rings. The molecule has 1 aliphatic heterocycles. The number of nitrogens with zero attached hydrogens (tertiary/aromatic N) is 2. The van der Waals surface area contributed by atoms with Crippen LogP contribution < -0.4 is 0 Å². The molecule has 102 valence electrons. The van der Waals surface area contributed by atoms with Gasteiger partial charge in [-0.3, -0.25) is 4.79 Å². The van der Waals surface area contributed by atoms with Crippen LogP contribution in [-0.4, -0.2) is 40.0 Å². The Hall–Kier alpha value is -1.91. The summed E-state index contributed by atoms with van der Waals surface area (Å²) in [5.41, 5.74) is 0.855. The maximum absolute atomic E-state index is 12.3. The van der Waals surface area contributed by atoms with Gasteiger partial charge in [0.2, 0.25) is 0 Å². The number of hydrogen-bond donors (Lipinski definition) is 1. The molecular weight excluding hydrogens is 244 g/mol. The summed E-state index contributed by atoms with van der Waals surface area (Å²) in [6.07, 6.45) is 2.11. The van der Waals surface area contributed by atoms with Crippen LogP contribution in [0.25, 0.3) is 0 Å². The zero-order valence-corrected chi connectivity index (χ0v) is 11.2. The molecule has 0 spiro atoms. The smallest absolute Gasteiger partial charge is 0.337 e. The van der Waals surface area contributed by atoms with Crippen molar-refractivity contribution in [3.05, 3.63) is 29.1 Å². The van der Waals surface area contributed by atoms with Gasteiger partial charge in [0, 0.05) is 13.1 Å². The van der Waals surface area contributed by atoms with Crippen molar-refractivity contribution in [2.75, 3.05) is 13.1 Å². The van der Waals surface area contributed by atoms with Gasteiger partial charge in [0.15, 0.2) is 0 Å². The molecule has 1 aromatic heterocycles. The lowest BCUT2D eigenvalue weighted by Gasteiger charge is -2.16. The standard InChI is InChI=1S/C14H18N2O3/c1-3-10-6-7-16(8-10)13(17)12-5-4-11(14(18)19)9(2)15-12/h4-5,10H,3,6-8H2,1-2H3,(H,18,19). The van der Waals surface area contributed by atoms with Gasteiger partial charge in [0.1, 0.15) is 5.69 Å². The third kappa shape index (κ3) is 2.75. The second-order valence-corrected chi connectivity index (χ2v) is 4.95. The van der Waals surface area contributed by atoms with Crippen molar-refractivity contribution in [3.63, 3.8) is 0 Å². The number of likely N-dealkylation sites (tertiary alicyclic amines) is 1. The molecule has 0 saturated carbocycles. The Balaban J connectivity index is 2.16. The van der Waals surface area contributed by atoms with Gasteiger partial charge in [0.25, 0.3) is 5.91 Å². The van der Waals surface area contributed by atoms with E-state index >= 15 is 0 Å². The molecule has 1 unspecified atom stereocenters. The Morgan fingerprint density at radius 1 is 1.47 bits per heavy atom. The van der Waals surface area contributed by atoms with E-state index in [2.05, 4.69) is 11.9 Å². The number of carboxylic acids is 1. The van der Waals surface area contributed by atoms with Crippen LogP contribution in [0, 0.1) is 12.8 Å². The first-order valence-corrected chi connectivity index (χ1v) is 6.53. The van der Waals surface area contributed by atoms with Gasteiger partial charge in [-0.15, -0.1) is 0 Å². The van der Waals surface area contributed by atoms with Gasteiger partial charge in [0.05, 0.1) is 11.3 Å². The molecule has 19 heavy (non-hydrogen) atoms. The molecule has 1 N–H and O–H groups in total. The van der Waals surface area contributed by atoms with Crippen molar-refractivity contribution in [2.24, 2.45) is 5.92 Å². The van der Waals surface area contributed by atoms with E-state index in [-0.39, 0.29) is 11.5 Å². The zero-order valence-electron chi connectivity index (χ0n) is 11.2. The van der Waals surface area contributed by atoms with Crippen LogP contribution in [0.15, 0.2) is 12.1 Å². The number of carbonyl (C=O) groups is 2. The summed E-state index contributed by atoms with van der Waals surface area (Å²) in [7, 11) is 0. The molecular formula is C14H18N2O3. The summed E-state index contributed by atoms with van der Waals surface area (Å²) in [5.74, 6) is -0.546. The van der Waals surface area contributed by atoms with Crippen molar-refractivity contribution in [1.82, 2.24) is 9.88 Å². The normalized spacial score (nSPS) is 18.6. The molecule has 1 amide bonds. The minimum atomic E-state index is -1.02. The molecule has 5 heteroatoms. The van der Waals surface area contributed by atoms with Crippen LogP contribution in [0.1, 0.15) is 46.3 Å². The third-order valence-electron chi connectivity index (χ3n) is 3.69. The Kier molecular flexibility index (Phi) is 3.83.